The Morgan fingerprint density at radius 1 is 1.26 bits per heavy atom. The van der Waals surface area contributed by atoms with Crippen LogP contribution >= 0.6 is 15.9 Å². The number of nitrogens with zero attached hydrogens (tertiary/aromatic N) is 4. The highest BCUT2D eigenvalue weighted by molar-refractivity contribution is 9.10. The molecule has 0 radical (unpaired) electrons. The minimum Gasteiger partial charge on any atom is -0.396 e. The summed E-state index contributed by atoms with van der Waals surface area (Å²) >= 11 is 3.46. The van der Waals surface area contributed by atoms with E-state index in [4.69, 9.17) is 0 Å². The van der Waals surface area contributed by atoms with Crippen LogP contribution in [0.4, 0.5) is 5.95 Å². The molecule has 144 valence electrons. The van der Waals surface area contributed by atoms with Crippen LogP contribution in [0.3, 0.4) is 0 Å². The van der Waals surface area contributed by atoms with Crippen molar-refractivity contribution in [2.75, 3.05) is 11.9 Å². The summed E-state index contributed by atoms with van der Waals surface area (Å²) in [6.45, 7) is 2.38. The van der Waals surface area contributed by atoms with Gasteiger partial charge in [-0.2, -0.15) is 4.98 Å². The van der Waals surface area contributed by atoms with Gasteiger partial charge in [0.05, 0.1) is 6.54 Å². The van der Waals surface area contributed by atoms with Gasteiger partial charge in [0.25, 0.3) is 5.56 Å². The third-order valence-electron chi connectivity index (χ3n) is 4.52. The lowest BCUT2D eigenvalue weighted by Crippen LogP contribution is -2.37. The van der Waals surface area contributed by atoms with Gasteiger partial charge in [0.2, 0.25) is 5.95 Å². The second kappa shape index (κ2) is 7.69. The van der Waals surface area contributed by atoms with Crippen LogP contribution in [0.2, 0.25) is 0 Å². The molecule has 27 heavy (non-hydrogen) atoms. The zero-order chi connectivity index (χ0) is 19.7. The van der Waals surface area contributed by atoms with Gasteiger partial charge in [-0.15, -0.1) is 0 Å². The van der Waals surface area contributed by atoms with E-state index in [0.717, 1.165) is 14.6 Å². The molecule has 0 aliphatic rings. The maximum Gasteiger partial charge on any atom is 0.332 e. The largest absolute Gasteiger partial charge is 0.396 e. The molecular weight excluding hydrogens is 414 g/mol. The van der Waals surface area contributed by atoms with E-state index in [0.29, 0.717) is 30.1 Å². The molecule has 0 saturated carbocycles. The van der Waals surface area contributed by atoms with Crippen molar-refractivity contribution in [1.29, 1.82) is 0 Å². The summed E-state index contributed by atoms with van der Waals surface area (Å²) in [5, 5.41) is 12.4. The molecule has 9 heteroatoms. The predicted molar refractivity (Wildman–Crippen MR) is 108 cm³/mol. The number of aryl methyl sites for hydroxylation is 1. The lowest BCUT2D eigenvalue weighted by atomic mass is 10.2. The molecule has 8 nitrogen and oxygen atoms in total. The summed E-state index contributed by atoms with van der Waals surface area (Å²) in [6, 6.07) is 7.74. The number of rotatable bonds is 6. The van der Waals surface area contributed by atoms with E-state index in [9.17, 15) is 14.7 Å². The molecule has 0 amide bonds. The zero-order valence-corrected chi connectivity index (χ0v) is 17.0. The number of anilines is 1. The zero-order valence-electron chi connectivity index (χ0n) is 15.4. The number of fused-ring (bicyclic) bond motifs is 1. The summed E-state index contributed by atoms with van der Waals surface area (Å²) in [6.07, 6.45) is 0.539. The monoisotopic (exact) mass is 435 g/mol. The SMILES string of the molecule is C[C@H](CCO)Nc1nc2c(c(=O)n(C)c(=O)n2C)n1Cc1cccc(Br)c1. The highest BCUT2D eigenvalue weighted by Crippen LogP contribution is 2.20. The molecule has 1 atom stereocenters. The highest BCUT2D eigenvalue weighted by Gasteiger charge is 2.20. The van der Waals surface area contributed by atoms with Gasteiger partial charge >= 0.3 is 5.69 Å². The van der Waals surface area contributed by atoms with Crippen molar-refractivity contribution in [3.63, 3.8) is 0 Å². The van der Waals surface area contributed by atoms with Crippen LogP contribution in [-0.4, -0.2) is 36.4 Å². The Hall–Kier alpha value is -2.39. The lowest BCUT2D eigenvalue weighted by molar-refractivity contribution is 0.282. The molecule has 0 unspecified atom stereocenters. The molecule has 0 bridgehead atoms. The Morgan fingerprint density at radius 3 is 2.67 bits per heavy atom. The van der Waals surface area contributed by atoms with Gasteiger partial charge in [-0.05, 0) is 31.0 Å². The molecule has 3 rings (SSSR count). The summed E-state index contributed by atoms with van der Waals surface area (Å²) < 4.78 is 5.18. The first-order valence-corrected chi connectivity index (χ1v) is 9.41. The van der Waals surface area contributed by atoms with E-state index in [1.165, 1.54) is 11.6 Å². The molecule has 0 aliphatic carbocycles. The van der Waals surface area contributed by atoms with Crippen molar-refractivity contribution in [2.45, 2.75) is 25.9 Å². The minimum atomic E-state index is -0.422. The first-order chi connectivity index (χ1) is 12.8. The first-order valence-electron chi connectivity index (χ1n) is 8.61. The number of hydrogen-bond acceptors (Lipinski definition) is 5. The molecule has 2 aromatic heterocycles. The number of hydrogen-bond donors (Lipinski definition) is 2. The lowest BCUT2D eigenvalue weighted by Gasteiger charge is -2.15. The Labute approximate surface area is 164 Å². The van der Waals surface area contributed by atoms with E-state index in [1.807, 2.05) is 31.2 Å². The van der Waals surface area contributed by atoms with Crippen LogP contribution in [-0.2, 0) is 20.6 Å². The number of aliphatic hydroxyl groups excluding tert-OH is 1. The average Bonchev–Trinajstić information content (AvgIpc) is 2.96. The Morgan fingerprint density at radius 2 is 2.00 bits per heavy atom. The molecule has 2 heterocycles. The molecule has 1 aromatic carbocycles. The van der Waals surface area contributed by atoms with Gasteiger partial charge in [0, 0.05) is 31.2 Å². The van der Waals surface area contributed by atoms with Gasteiger partial charge in [-0.3, -0.25) is 18.5 Å². The number of imidazole rings is 1. The van der Waals surface area contributed by atoms with Crippen LogP contribution in [0.5, 0.6) is 0 Å². The molecule has 2 N–H and O–H groups in total. The third-order valence-corrected chi connectivity index (χ3v) is 5.01. The van der Waals surface area contributed by atoms with Crippen molar-refractivity contribution < 1.29 is 5.11 Å². The Balaban J connectivity index is 2.23. The standard InChI is InChI=1S/C18H22BrN5O3/c1-11(7-8-25)20-17-21-15-14(16(26)23(3)18(27)22(15)2)24(17)10-12-5-4-6-13(19)9-12/h4-6,9,11,25H,7-8,10H2,1-3H3,(H,20,21)/t11-/m1/s1. The van der Waals surface area contributed by atoms with Crippen LogP contribution in [0, 0.1) is 0 Å². The van der Waals surface area contributed by atoms with Crippen LogP contribution in [0.1, 0.15) is 18.9 Å². The highest BCUT2D eigenvalue weighted by atomic mass is 79.9. The van der Waals surface area contributed by atoms with E-state index in [2.05, 4.69) is 26.2 Å². The smallest absolute Gasteiger partial charge is 0.332 e. The van der Waals surface area contributed by atoms with Crippen LogP contribution in [0.15, 0.2) is 38.3 Å². The minimum absolute atomic E-state index is 0.0419. The van der Waals surface area contributed by atoms with Gasteiger partial charge in [0.1, 0.15) is 0 Å². The van der Waals surface area contributed by atoms with Gasteiger partial charge in [0.15, 0.2) is 11.2 Å². The van der Waals surface area contributed by atoms with E-state index >= 15 is 0 Å². The summed E-state index contributed by atoms with van der Waals surface area (Å²) in [5.41, 5.74) is 0.862. The fraction of sp³-hybridized carbons (Fsp3) is 0.389. The van der Waals surface area contributed by atoms with E-state index in [-0.39, 0.29) is 12.6 Å². The normalized spacial score (nSPS) is 12.5. The van der Waals surface area contributed by atoms with Crippen molar-refractivity contribution in [3.05, 3.63) is 55.1 Å². The van der Waals surface area contributed by atoms with Crippen LogP contribution in [0.25, 0.3) is 11.2 Å². The predicted octanol–water partition coefficient (Wildman–Crippen LogP) is 1.43. The van der Waals surface area contributed by atoms with Gasteiger partial charge in [-0.1, -0.05) is 28.1 Å². The fourth-order valence-electron chi connectivity index (χ4n) is 3.01. The topological polar surface area (TPSA) is 94.1 Å². The first kappa shape index (κ1) is 19.4. The van der Waals surface area contributed by atoms with Crippen molar-refractivity contribution in [3.8, 4) is 0 Å². The fourth-order valence-corrected chi connectivity index (χ4v) is 3.46. The maximum atomic E-state index is 12.8. The number of benzene rings is 1. The number of aromatic nitrogens is 4. The van der Waals surface area contributed by atoms with Gasteiger partial charge < -0.3 is 10.4 Å². The Bertz CT molecular complexity index is 1100. The molecule has 0 saturated heterocycles. The van der Waals surface area contributed by atoms with E-state index in [1.54, 1.807) is 11.6 Å². The number of halogens is 1. The summed E-state index contributed by atoms with van der Waals surface area (Å²) in [7, 11) is 3.06. The Kier molecular flexibility index (Phi) is 5.52. The second-order valence-electron chi connectivity index (χ2n) is 6.59. The molecule has 0 aliphatic heterocycles. The number of nitrogens with one attached hydrogen (secondary N) is 1. The summed E-state index contributed by atoms with van der Waals surface area (Å²) in [5.74, 6) is 0.490. The average molecular weight is 436 g/mol. The van der Waals surface area contributed by atoms with Crippen molar-refractivity contribution >= 4 is 33.0 Å². The van der Waals surface area contributed by atoms with Crippen LogP contribution < -0.4 is 16.6 Å². The second-order valence-corrected chi connectivity index (χ2v) is 7.50. The molecule has 3 aromatic rings. The molecule has 0 spiro atoms. The third kappa shape index (κ3) is 3.70. The quantitative estimate of drug-likeness (QED) is 0.610. The number of aliphatic hydroxyl groups is 1. The van der Waals surface area contributed by atoms with Crippen molar-refractivity contribution in [1.82, 2.24) is 18.7 Å². The van der Waals surface area contributed by atoms with Gasteiger partial charge in [-0.25, -0.2) is 4.79 Å². The maximum absolute atomic E-state index is 12.8. The molecule has 0 fully saturated rings. The molecular formula is C18H22BrN5O3. The van der Waals surface area contributed by atoms with E-state index < -0.39 is 11.2 Å². The van der Waals surface area contributed by atoms with Crippen molar-refractivity contribution in [2.24, 2.45) is 14.1 Å². The summed E-state index contributed by atoms with van der Waals surface area (Å²) in [4.78, 5) is 29.6.